The van der Waals surface area contributed by atoms with E-state index in [4.69, 9.17) is 16.1 Å². The smallest absolute Gasteiger partial charge is 0.273 e. The molecule has 0 aliphatic heterocycles. The predicted molar refractivity (Wildman–Crippen MR) is 86.6 cm³/mol. The number of fused-ring (bicyclic) bond motifs is 1. The molecule has 0 unspecified atom stereocenters. The maximum atomic E-state index is 12.6. The molecule has 5 nitrogen and oxygen atoms in total. The topological polar surface area (TPSA) is 60.1 Å². The molecule has 1 N–H and O–H groups in total. The second-order valence-electron chi connectivity index (χ2n) is 5.16. The van der Waals surface area contributed by atoms with Crippen molar-refractivity contribution in [2.45, 2.75) is 27.3 Å². The van der Waals surface area contributed by atoms with E-state index in [2.05, 4.69) is 10.5 Å². The van der Waals surface area contributed by atoms with Gasteiger partial charge in [-0.05, 0) is 44.5 Å². The minimum atomic E-state index is -0.208. The summed E-state index contributed by atoms with van der Waals surface area (Å²) in [5.41, 5.74) is 2.50. The van der Waals surface area contributed by atoms with Gasteiger partial charge < -0.3 is 14.4 Å². The fraction of sp³-hybridized carbons (Fsp3) is 0.250. The van der Waals surface area contributed by atoms with Crippen LogP contribution in [0.3, 0.4) is 0 Å². The Morgan fingerprint density at radius 3 is 2.77 bits per heavy atom. The molecule has 0 aliphatic carbocycles. The van der Waals surface area contributed by atoms with Crippen molar-refractivity contribution in [3.05, 3.63) is 46.3 Å². The molecule has 1 amide bonds. The molecule has 0 radical (unpaired) electrons. The molecule has 6 heteroatoms. The van der Waals surface area contributed by atoms with E-state index in [-0.39, 0.29) is 5.91 Å². The number of carbonyl (C=O) groups excluding carboxylic acids is 1. The first-order valence-corrected chi connectivity index (χ1v) is 7.42. The Kier molecular flexibility index (Phi) is 3.66. The van der Waals surface area contributed by atoms with Crippen LogP contribution in [-0.2, 0) is 6.54 Å². The van der Waals surface area contributed by atoms with Crippen LogP contribution in [0.15, 0.2) is 28.8 Å². The highest BCUT2D eigenvalue weighted by atomic mass is 35.5. The third-order valence-corrected chi connectivity index (χ3v) is 3.91. The lowest BCUT2D eigenvalue weighted by Gasteiger charge is -2.08. The van der Waals surface area contributed by atoms with Gasteiger partial charge in [-0.1, -0.05) is 16.8 Å². The molecule has 3 rings (SSSR count). The van der Waals surface area contributed by atoms with Crippen molar-refractivity contribution in [3.8, 4) is 0 Å². The van der Waals surface area contributed by atoms with Crippen LogP contribution >= 0.6 is 11.6 Å². The van der Waals surface area contributed by atoms with Crippen molar-refractivity contribution < 1.29 is 9.32 Å². The predicted octanol–water partition coefficient (Wildman–Crippen LogP) is 4.17. The second-order valence-corrected chi connectivity index (χ2v) is 5.59. The number of carbonyl (C=O) groups is 1. The Bertz CT molecular complexity index is 864. The minimum Gasteiger partial charge on any atom is -0.360 e. The molecular formula is C16H16ClN3O2. The number of aromatic nitrogens is 2. The van der Waals surface area contributed by atoms with E-state index in [1.54, 1.807) is 13.0 Å². The molecule has 0 fully saturated rings. The first-order valence-electron chi connectivity index (χ1n) is 7.04. The lowest BCUT2D eigenvalue weighted by molar-refractivity contribution is 0.101. The third-order valence-electron chi connectivity index (χ3n) is 3.68. The molecule has 0 spiro atoms. The zero-order chi connectivity index (χ0) is 15.9. The van der Waals surface area contributed by atoms with Crippen LogP contribution in [0.25, 0.3) is 10.9 Å². The molecule has 114 valence electrons. The van der Waals surface area contributed by atoms with Gasteiger partial charge in [0.2, 0.25) is 0 Å². The Hall–Kier alpha value is -2.27. The molecule has 2 heterocycles. The van der Waals surface area contributed by atoms with Crippen LogP contribution in [0, 0.1) is 13.8 Å². The third kappa shape index (κ3) is 2.37. The number of hydrogen-bond acceptors (Lipinski definition) is 3. The van der Waals surface area contributed by atoms with Gasteiger partial charge in [0, 0.05) is 28.5 Å². The number of amides is 1. The Morgan fingerprint density at radius 1 is 1.36 bits per heavy atom. The summed E-state index contributed by atoms with van der Waals surface area (Å²) < 4.78 is 6.95. The van der Waals surface area contributed by atoms with Gasteiger partial charge in [-0.25, -0.2) is 0 Å². The quantitative estimate of drug-likeness (QED) is 0.788. The molecule has 0 saturated carbocycles. The average molecular weight is 318 g/mol. The Labute approximate surface area is 132 Å². The van der Waals surface area contributed by atoms with Gasteiger partial charge in [0.25, 0.3) is 5.91 Å². The summed E-state index contributed by atoms with van der Waals surface area (Å²) in [4.78, 5) is 12.6. The molecule has 22 heavy (non-hydrogen) atoms. The van der Waals surface area contributed by atoms with Gasteiger partial charge in [-0.2, -0.15) is 0 Å². The van der Waals surface area contributed by atoms with Crippen LogP contribution in [0.4, 0.5) is 5.82 Å². The summed E-state index contributed by atoms with van der Waals surface area (Å²) in [6.07, 6.45) is 0. The van der Waals surface area contributed by atoms with E-state index >= 15 is 0 Å². The number of nitrogens with zero attached hydrogens (tertiary/aromatic N) is 2. The van der Waals surface area contributed by atoms with Crippen LogP contribution in [0.5, 0.6) is 0 Å². The van der Waals surface area contributed by atoms with Crippen LogP contribution in [-0.4, -0.2) is 15.6 Å². The van der Waals surface area contributed by atoms with E-state index in [0.717, 1.165) is 16.5 Å². The maximum Gasteiger partial charge on any atom is 0.273 e. The van der Waals surface area contributed by atoms with Crippen LogP contribution in [0.1, 0.15) is 28.7 Å². The van der Waals surface area contributed by atoms with Crippen molar-refractivity contribution in [2.75, 3.05) is 5.32 Å². The molecule has 3 aromatic rings. The monoisotopic (exact) mass is 317 g/mol. The van der Waals surface area contributed by atoms with E-state index in [9.17, 15) is 4.79 Å². The van der Waals surface area contributed by atoms with Gasteiger partial charge in [0.1, 0.15) is 11.5 Å². The molecule has 1 aromatic carbocycles. The van der Waals surface area contributed by atoms with Gasteiger partial charge >= 0.3 is 0 Å². The second kappa shape index (κ2) is 5.50. The van der Waals surface area contributed by atoms with Gasteiger partial charge in [0.05, 0.1) is 0 Å². The molecule has 0 bridgehead atoms. The average Bonchev–Trinajstić information content (AvgIpc) is 3.00. The maximum absolute atomic E-state index is 12.6. The summed E-state index contributed by atoms with van der Waals surface area (Å²) in [6, 6.07) is 7.34. The minimum absolute atomic E-state index is 0.208. The number of aryl methyl sites for hydroxylation is 3. The van der Waals surface area contributed by atoms with Gasteiger partial charge in [0.15, 0.2) is 5.82 Å². The largest absolute Gasteiger partial charge is 0.360 e. The van der Waals surface area contributed by atoms with Crippen molar-refractivity contribution in [1.29, 1.82) is 0 Å². The SMILES string of the molecule is CCn1c(C(=O)Nc2cc(C)on2)c(C)c2cc(Cl)ccc21. The number of rotatable bonds is 3. The fourth-order valence-corrected chi connectivity index (χ4v) is 2.89. The summed E-state index contributed by atoms with van der Waals surface area (Å²) in [7, 11) is 0. The number of nitrogens with one attached hydrogen (secondary N) is 1. The van der Waals surface area contributed by atoms with Crippen LogP contribution in [0.2, 0.25) is 5.02 Å². The molecule has 0 saturated heterocycles. The van der Waals surface area contributed by atoms with E-state index < -0.39 is 0 Å². The summed E-state index contributed by atoms with van der Waals surface area (Å²) in [6.45, 7) is 6.39. The van der Waals surface area contributed by atoms with Crippen LogP contribution < -0.4 is 5.32 Å². The van der Waals surface area contributed by atoms with Gasteiger partial charge in [-0.15, -0.1) is 0 Å². The van der Waals surface area contributed by atoms with Crippen molar-refractivity contribution >= 4 is 34.2 Å². The number of hydrogen-bond donors (Lipinski definition) is 1. The highest BCUT2D eigenvalue weighted by Gasteiger charge is 2.20. The molecule has 0 atom stereocenters. The standard InChI is InChI=1S/C16H16ClN3O2/c1-4-20-13-6-5-11(17)8-12(13)10(3)15(20)16(21)18-14-7-9(2)22-19-14/h5-8H,4H2,1-3H3,(H,18,19,21). The zero-order valence-electron chi connectivity index (χ0n) is 12.6. The summed E-state index contributed by atoms with van der Waals surface area (Å²) >= 11 is 6.08. The zero-order valence-corrected chi connectivity index (χ0v) is 13.4. The highest BCUT2D eigenvalue weighted by molar-refractivity contribution is 6.31. The first kappa shape index (κ1) is 14.7. The normalized spacial score (nSPS) is 11.1. The molecule has 2 aromatic heterocycles. The number of anilines is 1. The molecule has 0 aliphatic rings. The van der Waals surface area contributed by atoms with E-state index in [0.29, 0.717) is 28.8 Å². The number of halogens is 1. The summed E-state index contributed by atoms with van der Waals surface area (Å²) in [5.74, 6) is 0.850. The fourth-order valence-electron chi connectivity index (χ4n) is 2.72. The lowest BCUT2D eigenvalue weighted by atomic mass is 10.1. The summed E-state index contributed by atoms with van der Waals surface area (Å²) in [5, 5.41) is 8.21. The van der Waals surface area contributed by atoms with Gasteiger partial charge in [-0.3, -0.25) is 4.79 Å². The molecular weight excluding hydrogens is 302 g/mol. The highest BCUT2D eigenvalue weighted by Crippen LogP contribution is 2.28. The Morgan fingerprint density at radius 2 is 2.14 bits per heavy atom. The van der Waals surface area contributed by atoms with E-state index in [1.165, 1.54) is 0 Å². The first-order chi connectivity index (χ1) is 10.5. The van der Waals surface area contributed by atoms with Crippen molar-refractivity contribution in [3.63, 3.8) is 0 Å². The Balaban J connectivity index is 2.09. The van der Waals surface area contributed by atoms with E-state index in [1.807, 2.05) is 36.6 Å². The number of benzene rings is 1. The van der Waals surface area contributed by atoms with Crippen molar-refractivity contribution in [1.82, 2.24) is 9.72 Å². The lowest BCUT2D eigenvalue weighted by Crippen LogP contribution is -2.18. The van der Waals surface area contributed by atoms with Crippen molar-refractivity contribution in [2.24, 2.45) is 0 Å².